The summed E-state index contributed by atoms with van der Waals surface area (Å²) in [6.45, 7) is 7.18. The third-order valence-electron chi connectivity index (χ3n) is 7.42. The topological polar surface area (TPSA) is 75.4 Å². The Morgan fingerprint density at radius 1 is 1.14 bits per heavy atom. The molecule has 2 aromatic heterocycles. The van der Waals surface area contributed by atoms with Crippen LogP contribution in [0.1, 0.15) is 82.4 Å². The highest BCUT2D eigenvalue weighted by molar-refractivity contribution is 7.10. The van der Waals surface area contributed by atoms with Crippen LogP contribution in [0.15, 0.2) is 29.8 Å². The molecule has 6 nitrogen and oxygen atoms in total. The van der Waals surface area contributed by atoms with E-state index < -0.39 is 17.7 Å². The molecule has 1 fully saturated rings. The van der Waals surface area contributed by atoms with Crippen LogP contribution in [0.5, 0.6) is 0 Å². The minimum Gasteiger partial charge on any atom is -0.387 e. The first-order valence-electron chi connectivity index (χ1n) is 12.6. The van der Waals surface area contributed by atoms with Crippen molar-refractivity contribution in [1.82, 2.24) is 14.7 Å². The fourth-order valence-corrected chi connectivity index (χ4v) is 6.32. The number of carbonyl (C=O) groups is 2. The zero-order valence-corrected chi connectivity index (χ0v) is 22.4. The van der Waals surface area contributed by atoms with Crippen molar-refractivity contribution < 1.29 is 23.5 Å². The fourth-order valence-electron chi connectivity index (χ4n) is 5.42. The number of amides is 1. The second kappa shape index (κ2) is 11.2. The number of aromatic nitrogens is 2. The molecule has 1 N–H and O–H groups in total. The number of aliphatic hydroxyl groups is 1. The lowest BCUT2D eigenvalue weighted by atomic mass is 9.84. The van der Waals surface area contributed by atoms with Crippen LogP contribution in [-0.4, -0.2) is 38.0 Å². The third kappa shape index (κ3) is 5.99. The number of nitrogens with zero attached hydrogens (tertiary/aromatic N) is 3. The van der Waals surface area contributed by atoms with Crippen LogP contribution in [0.2, 0.25) is 0 Å². The van der Waals surface area contributed by atoms with Crippen molar-refractivity contribution >= 4 is 23.0 Å². The molecule has 1 unspecified atom stereocenters. The Morgan fingerprint density at radius 3 is 2.35 bits per heavy atom. The van der Waals surface area contributed by atoms with Gasteiger partial charge in [0.15, 0.2) is 0 Å². The molecule has 1 aromatic carbocycles. The summed E-state index contributed by atoms with van der Waals surface area (Å²) in [5.74, 6) is -1.52. The molecule has 1 saturated carbocycles. The van der Waals surface area contributed by atoms with Crippen molar-refractivity contribution in [2.45, 2.75) is 72.1 Å². The monoisotopic (exact) mass is 529 g/mol. The maximum absolute atomic E-state index is 13.9. The van der Waals surface area contributed by atoms with Crippen LogP contribution in [0, 0.1) is 38.3 Å². The van der Waals surface area contributed by atoms with Crippen molar-refractivity contribution in [3.8, 4) is 0 Å². The van der Waals surface area contributed by atoms with Gasteiger partial charge in [-0.1, -0.05) is 0 Å². The van der Waals surface area contributed by atoms with Crippen LogP contribution in [0.4, 0.5) is 8.78 Å². The zero-order chi connectivity index (χ0) is 26.9. The number of halogens is 2. The van der Waals surface area contributed by atoms with Crippen molar-refractivity contribution in [2.24, 2.45) is 5.92 Å². The van der Waals surface area contributed by atoms with E-state index in [1.54, 1.807) is 6.92 Å². The molecular formula is C28H33F2N3O3S. The Kier molecular flexibility index (Phi) is 8.23. The highest BCUT2D eigenvalue weighted by atomic mass is 32.1. The largest absolute Gasteiger partial charge is 0.387 e. The first-order valence-corrected chi connectivity index (χ1v) is 13.4. The van der Waals surface area contributed by atoms with E-state index in [0.29, 0.717) is 16.8 Å². The SMILES string of the molecule is CC(=O)C1CCC(n2ncc(C(=O)N(Cc3cc(F)cc(F)c3)CC(O)c3c(C)csc3C)c2C)CC1. The minimum absolute atomic E-state index is 0.0380. The predicted molar refractivity (Wildman–Crippen MR) is 138 cm³/mol. The average Bonchev–Trinajstić information content (AvgIpc) is 3.38. The molecule has 1 atom stereocenters. The lowest BCUT2D eigenvalue weighted by molar-refractivity contribution is -0.121. The highest BCUT2D eigenvalue weighted by Crippen LogP contribution is 2.34. The van der Waals surface area contributed by atoms with Crippen molar-refractivity contribution in [2.75, 3.05) is 6.54 Å². The Bertz CT molecular complexity index is 1250. The van der Waals surface area contributed by atoms with Crippen molar-refractivity contribution in [3.05, 3.63) is 74.2 Å². The van der Waals surface area contributed by atoms with E-state index in [-0.39, 0.29) is 36.7 Å². The summed E-state index contributed by atoms with van der Waals surface area (Å²) in [6, 6.07) is 3.28. The minimum atomic E-state index is -0.953. The van der Waals surface area contributed by atoms with Gasteiger partial charge in [-0.05, 0) is 87.6 Å². The number of ketones is 1. The number of carbonyl (C=O) groups excluding carboxylic acids is 2. The van der Waals surface area contributed by atoms with Crippen molar-refractivity contribution in [3.63, 3.8) is 0 Å². The number of thiophene rings is 1. The molecule has 0 saturated heterocycles. The maximum atomic E-state index is 13.9. The first kappa shape index (κ1) is 27.1. The van der Waals surface area contributed by atoms with Gasteiger partial charge in [-0.3, -0.25) is 14.3 Å². The molecule has 198 valence electrons. The molecule has 0 radical (unpaired) electrons. The third-order valence-corrected chi connectivity index (χ3v) is 8.46. The molecule has 0 aliphatic heterocycles. The second-order valence-electron chi connectivity index (χ2n) is 10.1. The Morgan fingerprint density at radius 2 is 1.78 bits per heavy atom. The zero-order valence-electron chi connectivity index (χ0n) is 21.6. The smallest absolute Gasteiger partial charge is 0.257 e. The molecule has 0 bridgehead atoms. The predicted octanol–water partition coefficient (Wildman–Crippen LogP) is 5.84. The van der Waals surface area contributed by atoms with Gasteiger partial charge in [0.2, 0.25) is 0 Å². The molecule has 9 heteroatoms. The van der Waals surface area contributed by atoms with Gasteiger partial charge in [-0.2, -0.15) is 5.10 Å². The standard InChI is InChI=1S/C28H33F2N3O3S/c1-16-15-37-19(4)27(16)26(35)14-32(13-20-9-22(29)11-23(30)10-20)28(36)25-12-31-33(17(25)2)24-7-5-21(6-8-24)18(3)34/h9-12,15,21,24,26,35H,5-8,13-14H2,1-4H3. The van der Waals surface area contributed by atoms with Crippen LogP contribution in [0.3, 0.4) is 0 Å². The summed E-state index contributed by atoms with van der Waals surface area (Å²) in [6.07, 6.45) is 3.79. The summed E-state index contributed by atoms with van der Waals surface area (Å²) >= 11 is 1.53. The Hall–Kier alpha value is -2.91. The molecule has 1 amide bonds. The second-order valence-corrected chi connectivity index (χ2v) is 11.2. The molecule has 1 aliphatic rings. The molecule has 2 heterocycles. The molecule has 0 spiro atoms. The highest BCUT2D eigenvalue weighted by Gasteiger charge is 2.30. The van der Waals surface area contributed by atoms with Gasteiger partial charge in [0, 0.05) is 29.1 Å². The number of hydrogen-bond donors (Lipinski definition) is 1. The lowest BCUT2D eigenvalue weighted by Crippen LogP contribution is -2.35. The van der Waals surface area contributed by atoms with E-state index in [4.69, 9.17) is 0 Å². The normalized spacial score (nSPS) is 18.6. The number of aliphatic hydroxyl groups excluding tert-OH is 1. The van der Waals surface area contributed by atoms with Gasteiger partial charge < -0.3 is 10.0 Å². The molecular weight excluding hydrogens is 496 g/mol. The van der Waals surface area contributed by atoms with Gasteiger partial charge in [-0.25, -0.2) is 8.78 Å². The summed E-state index contributed by atoms with van der Waals surface area (Å²) in [5, 5.41) is 17.6. The van der Waals surface area contributed by atoms with Gasteiger partial charge >= 0.3 is 0 Å². The van der Waals surface area contributed by atoms with E-state index >= 15 is 0 Å². The molecule has 4 rings (SSSR count). The summed E-state index contributed by atoms with van der Waals surface area (Å²) < 4.78 is 29.7. The summed E-state index contributed by atoms with van der Waals surface area (Å²) in [5.41, 5.74) is 3.08. The van der Waals surface area contributed by atoms with Gasteiger partial charge in [0.1, 0.15) is 17.4 Å². The number of hydrogen-bond acceptors (Lipinski definition) is 5. The molecule has 3 aromatic rings. The van der Waals surface area contributed by atoms with Gasteiger partial charge in [-0.15, -0.1) is 11.3 Å². The molecule has 1 aliphatic carbocycles. The van der Waals surface area contributed by atoms with Crippen LogP contribution >= 0.6 is 11.3 Å². The van der Waals surface area contributed by atoms with E-state index in [1.807, 2.05) is 30.8 Å². The summed E-state index contributed by atoms with van der Waals surface area (Å²) in [7, 11) is 0. The lowest BCUT2D eigenvalue weighted by Gasteiger charge is -2.28. The van der Waals surface area contributed by atoms with Crippen LogP contribution in [0.25, 0.3) is 0 Å². The van der Waals surface area contributed by atoms with Gasteiger partial charge in [0.25, 0.3) is 5.91 Å². The van der Waals surface area contributed by atoms with E-state index in [2.05, 4.69) is 5.10 Å². The van der Waals surface area contributed by atoms with Crippen LogP contribution in [-0.2, 0) is 11.3 Å². The number of Topliss-reactive ketones (excluding diaryl/α,β-unsaturated/α-hetero) is 1. The number of rotatable bonds is 8. The molecule has 37 heavy (non-hydrogen) atoms. The quantitative estimate of drug-likeness (QED) is 0.398. The summed E-state index contributed by atoms with van der Waals surface area (Å²) in [4.78, 5) is 27.9. The maximum Gasteiger partial charge on any atom is 0.257 e. The van der Waals surface area contributed by atoms with E-state index in [0.717, 1.165) is 47.8 Å². The first-order chi connectivity index (χ1) is 17.5. The van der Waals surface area contributed by atoms with Crippen LogP contribution < -0.4 is 0 Å². The number of benzene rings is 1. The average molecular weight is 530 g/mol. The fraction of sp³-hybridized carbons (Fsp3) is 0.464. The number of aryl methyl sites for hydroxylation is 2. The Labute approximate surface area is 219 Å². The van der Waals surface area contributed by atoms with Gasteiger partial charge in [0.05, 0.1) is 30.5 Å². The van der Waals surface area contributed by atoms with Crippen molar-refractivity contribution in [1.29, 1.82) is 0 Å². The Balaban J connectivity index is 1.60. The van der Waals surface area contributed by atoms with E-state index in [1.165, 1.54) is 34.6 Å². The van der Waals surface area contributed by atoms with E-state index in [9.17, 15) is 23.5 Å².